The zero-order valence-corrected chi connectivity index (χ0v) is 8.52. The SMILES string of the molecule is CCCC(C)CCN1CC(F)(F)C1. The number of likely N-dealkylation sites (tertiary alicyclic amines) is 1. The van der Waals surface area contributed by atoms with E-state index in [2.05, 4.69) is 13.8 Å². The highest BCUT2D eigenvalue weighted by Crippen LogP contribution is 2.27. The van der Waals surface area contributed by atoms with Crippen LogP contribution < -0.4 is 0 Å². The average Bonchev–Trinajstić information content (AvgIpc) is 1.97. The van der Waals surface area contributed by atoms with E-state index in [1.165, 1.54) is 12.8 Å². The molecular formula is C10H19F2N. The summed E-state index contributed by atoms with van der Waals surface area (Å²) in [6, 6.07) is 0. The molecule has 0 bridgehead atoms. The lowest BCUT2D eigenvalue weighted by Crippen LogP contribution is -2.56. The normalized spacial score (nSPS) is 24.0. The summed E-state index contributed by atoms with van der Waals surface area (Å²) < 4.78 is 24.8. The average molecular weight is 191 g/mol. The molecule has 0 aromatic rings. The number of nitrogens with zero attached hydrogens (tertiary/aromatic N) is 1. The summed E-state index contributed by atoms with van der Waals surface area (Å²) in [5, 5.41) is 0. The maximum absolute atomic E-state index is 12.4. The van der Waals surface area contributed by atoms with Gasteiger partial charge in [-0.05, 0) is 18.9 Å². The van der Waals surface area contributed by atoms with E-state index >= 15 is 0 Å². The van der Waals surface area contributed by atoms with Crippen LogP contribution in [0.5, 0.6) is 0 Å². The van der Waals surface area contributed by atoms with Crippen LogP contribution in [0.1, 0.15) is 33.1 Å². The molecule has 0 amide bonds. The van der Waals surface area contributed by atoms with E-state index in [0.717, 1.165) is 13.0 Å². The summed E-state index contributed by atoms with van der Waals surface area (Å²) in [6.45, 7) is 5.16. The Morgan fingerprint density at radius 2 is 1.92 bits per heavy atom. The Morgan fingerprint density at radius 1 is 1.31 bits per heavy atom. The Morgan fingerprint density at radius 3 is 2.38 bits per heavy atom. The Bertz CT molecular complexity index is 151. The number of alkyl halides is 2. The van der Waals surface area contributed by atoms with Gasteiger partial charge in [0.05, 0.1) is 13.1 Å². The fourth-order valence-corrected chi connectivity index (χ4v) is 1.81. The van der Waals surface area contributed by atoms with Gasteiger partial charge in [-0.15, -0.1) is 0 Å². The van der Waals surface area contributed by atoms with E-state index in [0.29, 0.717) is 5.92 Å². The topological polar surface area (TPSA) is 3.24 Å². The van der Waals surface area contributed by atoms with Crippen molar-refractivity contribution >= 4 is 0 Å². The second-order valence-corrected chi connectivity index (χ2v) is 4.25. The zero-order valence-electron chi connectivity index (χ0n) is 8.52. The van der Waals surface area contributed by atoms with Gasteiger partial charge < -0.3 is 0 Å². The maximum Gasteiger partial charge on any atom is 0.272 e. The van der Waals surface area contributed by atoms with E-state index in [4.69, 9.17) is 0 Å². The molecule has 1 atom stereocenters. The van der Waals surface area contributed by atoms with Gasteiger partial charge in [0, 0.05) is 0 Å². The van der Waals surface area contributed by atoms with Gasteiger partial charge in [-0.2, -0.15) is 0 Å². The minimum Gasteiger partial charge on any atom is -0.291 e. The van der Waals surface area contributed by atoms with Gasteiger partial charge in [0.15, 0.2) is 0 Å². The van der Waals surface area contributed by atoms with Crippen molar-refractivity contribution in [2.24, 2.45) is 5.92 Å². The van der Waals surface area contributed by atoms with E-state index in [-0.39, 0.29) is 13.1 Å². The Balaban J connectivity index is 2.02. The van der Waals surface area contributed by atoms with Crippen LogP contribution in [-0.4, -0.2) is 30.5 Å². The van der Waals surface area contributed by atoms with Crippen molar-refractivity contribution in [2.75, 3.05) is 19.6 Å². The summed E-state index contributed by atoms with van der Waals surface area (Å²) in [7, 11) is 0. The number of halogens is 2. The summed E-state index contributed by atoms with van der Waals surface area (Å²) in [5.74, 6) is -1.72. The standard InChI is InChI=1S/C10H19F2N/c1-3-4-9(2)5-6-13-7-10(11,12)8-13/h9H,3-8H2,1-2H3. The van der Waals surface area contributed by atoms with E-state index < -0.39 is 5.92 Å². The van der Waals surface area contributed by atoms with Crippen molar-refractivity contribution in [1.82, 2.24) is 4.90 Å². The minimum absolute atomic E-state index is 0.0220. The van der Waals surface area contributed by atoms with Crippen molar-refractivity contribution < 1.29 is 8.78 Å². The van der Waals surface area contributed by atoms with Crippen LogP contribution in [0.25, 0.3) is 0 Å². The fourth-order valence-electron chi connectivity index (χ4n) is 1.81. The molecule has 0 radical (unpaired) electrons. The number of rotatable bonds is 5. The molecule has 0 spiro atoms. The van der Waals surface area contributed by atoms with Gasteiger partial charge in [-0.3, -0.25) is 4.90 Å². The first-order valence-electron chi connectivity index (χ1n) is 5.13. The van der Waals surface area contributed by atoms with Gasteiger partial charge in [0.1, 0.15) is 0 Å². The van der Waals surface area contributed by atoms with Crippen molar-refractivity contribution in [1.29, 1.82) is 0 Å². The van der Waals surface area contributed by atoms with Crippen LogP contribution in [-0.2, 0) is 0 Å². The number of hydrogen-bond acceptors (Lipinski definition) is 1. The highest BCUT2D eigenvalue weighted by molar-refractivity contribution is 4.86. The first kappa shape index (κ1) is 10.9. The summed E-state index contributed by atoms with van der Waals surface area (Å²) in [4.78, 5) is 1.84. The molecule has 0 aromatic heterocycles. The molecule has 1 heterocycles. The summed E-state index contributed by atoms with van der Waals surface area (Å²) in [5.41, 5.74) is 0. The van der Waals surface area contributed by atoms with E-state index in [1.54, 1.807) is 0 Å². The van der Waals surface area contributed by atoms with Gasteiger partial charge in [-0.25, -0.2) is 8.78 Å². The van der Waals surface area contributed by atoms with Crippen LogP contribution >= 0.6 is 0 Å². The lowest BCUT2D eigenvalue weighted by Gasteiger charge is -2.39. The third kappa shape index (κ3) is 3.59. The van der Waals surface area contributed by atoms with Gasteiger partial charge in [0.25, 0.3) is 5.92 Å². The first-order valence-corrected chi connectivity index (χ1v) is 5.13. The molecule has 1 aliphatic rings. The molecule has 0 saturated carbocycles. The highest BCUT2D eigenvalue weighted by Gasteiger charge is 2.43. The molecule has 1 nitrogen and oxygen atoms in total. The predicted molar refractivity (Wildman–Crippen MR) is 50.1 cm³/mol. The van der Waals surface area contributed by atoms with Crippen LogP contribution in [0.15, 0.2) is 0 Å². The third-order valence-corrected chi connectivity index (χ3v) is 2.63. The maximum atomic E-state index is 12.4. The van der Waals surface area contributed by atoms with Crippen molar-refractivity contribution in [2.45, 2.75) is 39.0 Å². The molecule has 0 aromatic carbocycles. The Labute approximate surface area is 79.1 Å². The smallest absolute Gasteiger partial charge is 0.272 e. The zero-order chi connectivity index (χ0) is 9.90. The quantitative estimate of drug-likeness (QED) is 0.646. The third-order valence-electron chi connectivity index (χ3n) is 2.63. The molecule has 1 rings (SSSR count). The lowest BCUT2D eigenvalue weighted by molar-refractivity contribution is -0.131. The Hall–Kier alpha value is -0.180. The van der Waals surface area contributed by atoms with E-state index in [1.807, 2.05) is 4.90 Å². The van der Waals surface area contributed by atoms with Gasteiger partial charge in [0.2, 0.25) is 0 Å². The molecule has 1 saturated heterocycles. The highest BCUT2D eigenvalue weighted by atomic mass is 19.3. The van der Waals surface area contributed by atoms with Crippen LogP contribution in [0.2, 0.25) is 0 Å². The Kier molecular flexibility index (Phi) is 3.65. The van der Waals surface area contributed by atoms with Gasteiger partial charge >= 0.3 is 0 Å². The molecule has 78 valence electrons. The predicted octanol–water partition coefficient (Wildman–Crippen LogP) is 2.76. The monoisotopic (exact) mass is 191 g/mol. The second kappa shape index (κ2) is 4.36. The molecular weight excluding hydrogens is 172 g/mol. The fraction of sp³-hybridized carbons (Fsp3) is 1.00. The largest absolute Gasteiger partial charge is 0.291 e. The number of hydrogen-bond donors (Lipinski definition) is 0. The van der Waals surface area contributed by atoms with Gasteiger partial charge in [-0.1, -0.05) is 26.7 Å². The van der Waals surface area contributed by atoms with Crippen molar-refractivity contribution in [3.05, 3.63) is 0 Å². The molecule has 1 fully saturated rings. The minimum atomic E-state index is -2.39. The van der Waals surface area contributed by atoms with Crippen LogP contribution in [0.4, 0.5) is 8.78 Å². The van der Waals surface area contributed by atoms with Crippen molar-refractivity contribution in [3.63, 3.8) is 0 Å². The summed E-state index contributed by atoms with van der Waals surface area (Å²) in [6.07, 6.45) is 3.46. The molecule has 0 N–H and O–H groups in total. The molecule has 1 aliphatic heterocycles. The van der Waals surface area contributed by atoms with Crippen molar-refractivity contribution in [3.8, 4) is 0 Å². The summed E-state index contributed by atoms with van der Waals surface area (Å²) >= 11 is 0. The molecule has 0 aliphatic carbocycles. The second-order valence-electron chi connectivity index (χ2n) is 4.25. The van der Waals surface area contributed by atoms with Crippen LogP contribution in [0.3, 0.4) is 0 Å². The first-order chi connectivity index (χ1) is 6.03. The molecule has 3 heteroatoms. The molecule has 1 unspecified atom stereocenters. The van der Waals surface area contributed by atoms with Crippen LogP contribution in [0, 0.1) is 5.92 Å². The van der Waals surface area contributed by atoms with E-state index in [9.17, 15) is 8.78 Å². The molecule has 13 heavy (non-hydrogen) atoms. The lowest BCUT2D eigenvalue weighted by atomic mass is 10.0.